The smallest absolute Gasteiger partial charge is 0.407 e. The minimum Gasteiger partial charge on any atom is -0.444 e. The molecule has 0 radical (unpaired) electrons. The van der Waals surface area contributed by atoms with Crippen LogP contribution in [0, 0.1) is 23.5 Å². The van der Waals surface area contributed by atoms with E-state index in [9.17, 15) is 19.2 Å². The Bertz CT molecular complexity index is 2190. The summed E-state index contributed by atoms with van der Waals surface area (Å²) in [6.07, 6.45) is 2.27. The minimum absolute atomic E-state index is 0.00180. The van der Waals surface area contributed by atoms with Gasteiger partial charge in [-0.2, -0.15) is 0 Å². The summed E-state index contributed by atoms with van der Waals surface area (Å²) >= 11 is 0. The molecule has 0 bridgehead atoms. The van der Waals surface area contributed by atoms with Crippen LogP contribution in [0.5, 0.6) is 0 Å². The summed E-state index contributed by atoms with van der Waals surface area (Å²) in [6.45, 7) is 9.67. The monoisotopic (exact) mass is 729 g/mol. The van der Waals surface area contributed by atoms with Crippen molar-refractivity contribution in [1.29, 1.82) is 0 Å². The molecule has 0 saturated heterocycles. The molecule has 3 aromatic carbocycles. The number of anilines is 1. The van der Waals surface area contributed by atoms with Crippen LogP contribution in [0.15, 0.2) is 53.3 Å². The van der Waals surface area contributed by atoms with E-state index in [1.807, 2.05) is 13.8 Å². The molecule has 12 nitrogen and oxygen atoms in total. The number of rotatable bonds is 10. The maximum Gasteiger partial charge on any atom is 0.407 e. The van der Waals surface area contributed by atoms with Crippen LogP contribution in [0.3, 0.4) is 0 Å². The van der Waals surface area contributed by atoms with E-state index >= 15 is 8.78 Å². The topological polar surface area (TPSA) is 174 Å². The summed E-state index contributed by atoms with van der Waals surface area (Å²) in [5, 5.41) is 8.63. The third-order valence-electron chi connectivity index (χ3n) is 9.50. The first-order valence-electron chi connectivity index (χ1n) is 17.9. The van der Waals surface area contributed by atoms with E-state index in [2.05, 4.69) is 35.9 Å². The Balaban J connectivity index is 1.16. The van der Waals surface area contributed by atoms with Crippen LogP contribution in [0.2, 0.25) is 0 Å². The zero-order valence-electron chi connectivity index (χ0n) is 30.4. The molecule has 0 spiro atoms. The number of alkyl carbamates (subject to hydrolysis) is 1. The Morgan fingerprint density at radius 2 is 1.60 bits per heavy atom. The van der Waals surface area contributed by atoms with E-state index in [0.717, 1.165) is 12.8 Å². The van der Waals surface area contributed by atoms with Gasteiger partial charge < -0.3 is 35.6 Å². The first kappa shape index (κ1) is 37.2. The molecular formula is C39H45F2N7O5. The molecule has 14 heteroatoms. The highest BCUT2D eigenvalue weighted by molar-refractivity contribution is 5.99. The van der Waals surface area contributed by atoms with Crippen molar-refractivity contribution in [1.82, 2.24) is 30.6 Å². The van der Waals surface area contributed by atoms with Crippen LogP contribution in [-0.4, -0.2) is 56.0 Å². The molecule has 2 aromatic heterocycles. The predicted molar refractivity (Wildman–Crippen MR) is 198 cm³/mol. The lowest BCUT2D eigenvalue weighted by atomic mass is 9.81. The molecule has 3 amide bonds. The lowest BCUT2D eigenvalue weighted by Crippen LogP contribution is -2.48. The molecule has 1 fully saturated rings. The van der Waals surface area contributed by atoms with Crippen LogP contribution in [0.1, 0.15) is 77.6 Å². The van der Waals surface area contributed by atoms with Gasteiger partial charge in [0.15, 0.2) is 11.6 Å². The Labute approximate surface area is 304 Å². The van der Waals surface area contributed by atoms with Gasteiger partial charge in [0, 0.05) is 36.1 Å². The number of halogens is 2. The predicted octanol–water partition coefficient (Wildman–Crippen LogP) is 6.80. The number of nitrogens with zero attached hydrogens (tertiary/aromatic N) is 1. The number of carbonyl (C=O) groups excluding carboxylic acids is 3. The molecule has 6 rings (SSSR count). The summed E-state index contributed by atoms with van der Waals surface area (Å²) in [7, 11) is 0. The molecule has 5 aromatic rings. The maximum absolute atomic E-state index is 15.3. The van der Waals surface area contributed by atoms with Gasteiger partial charge in [-0.3, -0.25) is 9.59 Å². The third kappa shape index (κ3) is 8.93. The van der Waals surface area contributed by atoms with Crippen LogP contribution >= 0.6 is 0 Å². The quantitative estimate of drug-likeness (QED) is 0.0923. The molecular weight excluding hydrogens is 684 g/mol. The van der Waals surface area contributed by atoms with Crippen molar-refractivity contribution >= 4 is 45.7 Å². The average Bonchev–Trinajstić information content (AvgIpc) is 3.71. The molecule has 1 aliphatic carbocycles. The summed E-state index contributed by atoms with van der Waals surface area (Å²) in [5.41, 5.74) is 2.08. The van der Waals surface area contributed by atoms with Gasteiger partial charge in [0.1, 0.15) is 23.0 Å². The van der Waals surface area contributed by atoms with Crippen LogP contribution in [0.25, 0.3) is 33.2 Å². The van der Waals surface area contributed by atoms with Gasteiger partial charge in [-0.15, -0.1) is 0 Å². The lowest BCUT2D eigenvalue weighted by Gasteiger charge is -2.29. The molecule has 2 heterocycles. The second kappa shape index (κ2) is 15.2. The Hall–Kier alpha value is -5.53. The normalized spacial score (nSPS) is 16.8. The molecule has 1 saturated carbocycles. The number of nitrogens with one attached hydrogen (secondary N) is 6. The van der Waals surface area contributed by atoms with Crippen molar-refractivity contribution in [2.24, 2.45) is 11.8 Å². The highest BCUT2D eigenvalue weighted by atomic mass is 19.2. The number of aromatic nitrogens is 4. The number of imidazole rings is 2. The lowest BCUT2D eigenvalue weighted by molar-refractivity contribution is -0.130. The van der Waals surface area contributed by atoms with Gasteiger partial charge in [-0.1, -0.05) is 38.1 Å². The van der Waals surface area contributed by atoms with Gasteiger partial charge >= 0.3 is 11.8 Å². The number of carbonyl (C=O) groups is 3. The molecule has 280 valence electrons. The van der Waals surface area contributed by atoms with Crippen molar-refractivity contribution in [3.8, 4) is 11.1 Å². The van der Waals surface area contributed by atoms with Gasteiger partial charge in [0.05, 0.1) is 16.6 Å². The van der Waals surface area contributed by atoms with Crippen LogP contribution in [0.4, 0.5) is 19.3 Å². The number of fused-ring (bicyclic) bond motifs is 2. The van der Waals surface area contributed by atoms with Crippen molar-refractivity contribution in [2.75, 3.05) is 11.9 Å². The second-order valence-corrected chi connectivity index (χ2v) is 15.1. The highest BCUT2D eigenvalue weighted by Crippen LogP contribution is 2.32. The fourth-order valence-electron chi connectivity index (χ4n) is 6.66. The van der Waals surface area contributed by atoms with Gasteiger partial charge in [-0.05, 0) is 87.8 Å². The molecule has 1 atom stereocenters. The van der Waals surface area contributed by atoms with Gasteiger partial charge in [0.2, 0.25) is 11.8 Å². The zero-order chi connectivity index (χ0) is 38.0. The largest absolute Gasteiger partial charge is 0.444 e. The fraction of sp³-hybridized carbons (Fsp3) is 0.410. The molecule has 1 aliphatic rings. The third-order valence-corrected chi connectivity index (χ3v) is 9.50. The van der Waals surface area contributed by atoms with Crippen LogP contribution in [-0.2, 0) is 20.7 Å². The van der Waals surface area contributed by atoms with E-state index in [4.69, 9.17) is 4.74 Å². The number of hydrogen-bond donors (Lipinski definition) is 6. The van der Waals surface area contributed by atoms with Crippen molar-refractivity contribution < 1.29 is 27.9 Å². The number of H-pyrrole nitrogens is 3. The summed E-state index contributed by atoms with van der Waals surface area (Å²) < 4.78 is 35.6. The molecule has 0 aliphatic heterocycles. The van der Waals surface area contributed by atoms with Gasteiger partial charge in [-0.25, -0.2) is 23.4 Å². The number of hydrogen-bond acceptors (Lipinski definition) is 6. The maximum atomic E-state index is 15.3. The van der Waals surface area contributed by atoms with E-state index in [1.54, 1.807) is 63.2 Å². The first-order chi connectivity index (χ1) is 25.1. The molecule has 6 N–H and O–H groups in total. The minimum atomic E-state index is -1.03. The zero-order valence-corrected chi connectivity index (χ0v) is 30.4. The Morgan fingerprint density at radius 3 is 2.28 bits per heavy atom. The molecule has 53 heavy (non-hydrogen) atoms. The summed E-state index contributed by atoms with van der Waals surface area (Å²) in [4.78, 5) is 63.9. The Morgan fingerprint density at radius 1 is 0.906 bits per heavy atom. The van der Waals surface area contributed by atoms with Crippen molar-refractivity contribution in [3.05, 3.63) is 82.0 Å². The first-order valence-corrected chi connectivity index (χ1v) is 17.9. The van der Waals surface area contributed by atoms with E-state index < -0.39 is 35.3 Å². The Kier molecular flexibility index (Phi) is 10.7. The number of aromatic amines is 3. The summed E-state index contributed by atoms with van der Waals surface area (Å²) in [5.74, 6) is -2.32. The highest BCUT2D eigenvalue weighted by Gasteiger charge is 2.30. The summed E-state index contributed by atoms with van der Waals surface area (Å²) in [6, 6.07) is 12.2. The average molecular weight is 730 g/mol. The number of benzene rings is 3. The van der Waals surface area contributed by atoms with E-state index in [0.29, 0.717) is 58.6 Å². The second-order valence-electron chi connectivity index (χ2n) is 15.1. The van der Waals surface area contributed by atoms with Crippen LogP contribution < -0.4 is 21.6 Å². The standard InChI is InChI=1S/C39H45F2N7O5/c1-20(2)34-44-29-18-26(31(40)32(41)33(29)48-34)23-10-6-21(7-11-23)16-30(36(50)43-25-14-15-27-28(17-25)47-37(51)46-27)45-35(49)24-12-8-22(9-13-24)19-42-38(52)53-39(3,4)5/h6-7,10-11,14-15,17-18,20,22,24,30H,8-9,12-13,16,19H2,1-5H3,(H,42,52)(H,43,50)(H,44,48)(H,45,49)(H2,46,47,51)/t22-,24-,30-/m0/s1. The number of amides is 3. The van der Waals surface area contributed by atoms with E-state index in [-0.39, 0.29) is 46.9 Å². The number of ether oxygens (including phenoxy) is 1. The molecule has 0 unspecified atom stereocenters. The SMILES string of the molecule is CC(C)c1nc2c(F)c(F)c(-c3ccc(C[C@H](NC(=O)[C@H]4CC[C@H](CNC(=O)OC(C)(C)C)CC4)C(=O)Nc4ccc5[nH]c(=O)[nH]c5c4)cc3)cc2[nH]1. The van der Waals surface area contributed by atoms with E-state index in [1.165, 1.54) is 6.07 Å². The fourth-order valence-corrected chi connectivity index (χ4v) is 6.66. The van der Waals surface area contributed by atoms with Crippen molar-refractivity contribution in [2.45, 2.75) is 84.3 Å². The van der Waals surface area contributed by atoms with Crippen molar-refractivity contribution in [3.63, 3.8) is 0 Å². The van der Waals surface area contributed by atoms with Gasteiger partial charge in [0.25, 0.3) is 0 Å².